The van der Waals surface area contributed by atoms with Gasteiger partial charge < -0.3 is 15.5 Å². The van der Waals surface area contributed by atoms with E-state index < -0.39 is 0 Å². The van der Waals surface area contributed by atoms with Gasteiger partial charge in [-0.25, -0.2) is 0 Å². The van der Waals surface area contributed by atoms with Crippen LogP contribution in [0.1, 0.15) is 48.0 Å². The molecule has 2 N–H and O–H groups in total. The molecule has 3 rings (SSSR count). The Morgan fingerprint density at radius 3 is 2.39 bits per heavy atom. The van der Waals surface area contributed by atoms with Crippen molar-refractivity contribution in [1.82, 2.24) is 15.5 Å². The molecule has 6 nitrogen and oxygen atoms in total. The van der Waals surface area contributed by atoms with Gasteiger partial charge in [-0.2, -0.15) is 0 Å². The highest BCUT2D eigenvalue weighted by atomic mass is 32.2. The number of carbonyl (C=O) groups excluding carboxylic acids is 3. The first-order valence-corrected chi connectivity index (χ1v) is 12.6. The van der Waals surface area contributed by atoms with E-state index in [1.807, 2.05) is 54.4 Å². The summed E-state index contributed by atoms with van der Waals surface area (Å²) in [5, 5.41) is 5.52. The van der Waals surface area contributed by atoms with Gasteiger partial charge in [0.25, 0.3) is 5.91 Å². The van der Waals surface area contributed by atoms with Crippen LogP contribution in [0.2, 0.25) is 0 Å². The number of nitrogens with one attached hydrogen (secondary N) is 2. The van der Waals surface area contributed by atoms with Gasteiger partial charge in [0.05, 0.1) is 17.9 Å². The molecule has 2 aromatic carbocycles. The Kier molecular flexibility index (Phi) is 9.81. The molecule has 1 fully saturated rings. The number of benzene rings is 2. The fourth-order valence-corrected chi connectivity index (χ4v) is 4.98. The summed E-state index contributed by atoms with van der Waals surface area (Å²) >= 11 is 1.37. The first-order valence-electron chi connectivity index (χ1n) is 11.6. The lowest BCUT2D eigenvalue weighted by Crippen LogP contribution is -2.39. The Balaban J connectivity index is 1.44. The zero-order valence-corrected chi connectivity index (χ0v) is 20.0. The smallest absolute Gasteiger partial charge is 0.252 e. The van der Waals surface area contributed by atoms with Crippen molar-refractivity contribution < 1.29 is 14.4 Å². The molecule has 0 unspecified atom stereocenters. The van der Waals surface area contributed by atoms with Crippen LogP contribution in [0.3, 0.4) is 0 Å². The van der Waals surface area contributed by atoms with Crippen LogP contribution < -0.4 is 10.6 Å². The minimum Gasteiger partial charge on any atom is -0.354 e. The van der Waals surface area contributed by atoms with E-state index in [2.05, 4.69) is 10.6 Å². The number of hydrogen-bond acceptors (Lipinski definition) is 4. The molecule has 0 aromatic heterocycles. The minimum atomic E-state index is -0.315. The van der Waals surface area contributed by atoms with Gasteiger partial charge in [-0.1, -0.05) is 61.7 Å². The van der Waals surface area contributed by atoms with E-state index in [1.165, 1.54) is 31.0 Å². The van der Waals surface area contributed by atoms with E-state index in [9.17, 15) is 14.4 Å². The zero-order valence-electron chi connectivity index (χ0n) is 19.2. The Morgan fingerprint density at radius 1 is 0.939 bits per heavy atom. The summed E-state index contributed by atoms with van der Waals surface area (Å²) in [4.78, 5) is 40.1. The lowest BCUT2D eigenvalue weighted by atomic mass is 9.94. The van der Waals surface area contributed by atoms with Crippen LogP contribution in [-0.4, -0.2) is 54.6 Å². The first-order chi connectivity index (χ1) is 16.0. The van der Waals surface area contributed by atoms with Gasteiger partial charge in [0, 0.05) is 24.5 Å². The molecule has 3 amide bonds. The van der Waals surface area contributed by atoms with Crippen LogP contribution in [0.4, 0.5) is 0 Å². The van der Waals surface area contributed by atoms with Crippen LogP contribution >= 0.6 is 11.8 Å². The van der Waals surface area contributed by atoms with Crippen molar-refractivity contribution in [3.63, 3.8) is 0 Å². The standard InChI is InChI=1S/C26H33N3O3S/c1-29(21-12-6-3-7-13-21)25(31)19-33-23-15-9-8-14-22(23)26(32)28-18-24(30)27-17-16-20-10-4-2-5-11-20/h2,4-5,8-11,14-15,21H,3,6-7,12-13,16-19H2,1H3,(H,27,30)(H,28,32). The van der Waals surface area contributed by atoms with Crippen molar-refractivity contribution in [2.75, 3.05) is 25.9 Å². The summed E-state index contributed by atoms with van der Waals surface area (Å²) < 4.78 is 0. The predicted octanol–water partition coefficient (Wildman–Crippen LogP) is 3.66. The maximum atomic E-state index is 12.7. The molecular weight excluding hydrogens is 434 g/mol. The van der Waals surface area contributed by atoms with E-state index in [1.54, 1.807) is 12.1 Å². The lowest BCUT2D eigenvalue weighted by molar-refractivity contribution is -0.129. The van der Waals surface area contributed by atoms with Crippen molar-refractivity contribution in [2.45, 2.75) is 49.5 Å². The topological polar surface area (TPSA) is 78.5 Å². The monoisotopic (exact) mass is 467 g/mol. The molecule has 1 aliphatic carbocycles. The van der Waals surface area contributed by atoms with E-state index >= 15 is 0 Å². The summed E-state index contributed by atoms with van der Waals surface area (Å²) in [6.07, 6.45) is 6.49. The predicted molar refractivity (Wildman–Crippen MR) is 132 cm³/mol. The van der Waals surface area contributed by atoms with Gasteiger partial charge in [-0.15, -0.1) is 11.8 Å². The highest BCUT2D eigenvalue weighted by Crippen LogP contribution is 2.25. The largest absolute Gasteiger partial charge is 0.354 e. The second kappa shape index (κ2) is 13.0. The first kappa shape index (κ1) is 24.8. The number of hydrogen-bond donors (Lipinski definition) is 2. The molecule has 0 atom stereocenters. The molecule has 0 heterocycles. The SMILES string of the molecule is CN(C(=O)CSc1ccccc1C(=O)NCC(=O)NCCc1ccccc1)C1CCCCC1. The van der Waals surface area contributed by atoms with Crippen LogP contribution in [0.15, 0.2) is 59.5 Å². The Labute approximate surface area is 200 Å². The number of rotatable bonds is 10. The number of carbonyl (C=O) groups is 3. The van der Waals surface area contributed by atoms with E-state index in [4.69, 9.17) is 0 Å². The van der Waals surface area contributed by atoms with Crippen LogP contribution in [0.25, 0.3) is 0 Å². The molecule has 0 bridgehead atoms. The molecule has 176 valence electrons. The van der Waals surface area contributed by atoms with Crippen molar-refractivity contribution in [3.05, 3.63) is 65.7 Å². The van der Waals surface area contributed by atoms with Crippen molar-refractivity contribution in [1.29, 1.82) is 0 Å². The third kappa shape index (κ3) is 7.93. The third-order valence-electron chi connectivity index (χ3n) is 5.99. The van der Waals surface area contributed by atoms with Crippen molar-refractivity contribution in [3.8, 4) is 0 Å². The number of nitrogens with zero attached hydrogens (tertiary/aromatic N) is 1. The van der Waals surface area contributed by atoms with E-state index in [-0.39, 0.29) is 30.0 Å². The third-order valence-corrected chi connectivity index (χ3v) is 7.05. The zero-order chi connectivity index (χ0) is 23.5. The van der Waals surface area contributed by atoms with Crippen LogP contribution in [0, 0.1) is 0 Å². The molecule has 7 heteroatoms. The van der Waals surface area contributed by atoms with E-state index in [0.717, 1.165) is 29.7 Å². The molecule has 0 spiro atoms. The van der Waals surface area contributed by atoms with Gasteiger partial charge >= 0.3 is 0 Å². The fourth-order valence-electron chi connectivity index (χ4n) is 4.00. The average Bonchev–Trinajstić information content (AvgIpc) is 2.86. The summed E-state index contributed by atoms with van der Waals surface area (Å²) in [6.45, 7) is 0.428. The van der Waals surface area contributed by atoms with Crippen molar-refractivity contribution in [2.24, 2.45) is 0 Å². The molecule has 2 aromatic rings. The molecule has 1 aliphatic rings. The number of amides is 3. The second-order valence-corrected chi connectivity index (χ2v) is 9.37. The molecule has 0 saturated heterocycles. The fraction of sp³-hybridized carbons (Fsp3) is 0.423. The molecule has 1 saturated carbocycles. The summed E-state index contributed by atoms with van der Waals surface area (Å²) in [5.74, 6) is -0.171. The van der Waals surface area contributed by atoms with E-state index in [0.29, 0.717) is 18.2 Å². The van der Waals surface area contributed by atoms with Crippen molar-refractivity contribution >= 4 is 29.5 Å². The maximum Gasteiger partial charge on any atom is 0.252 e. The summed E-state index contributed by atoms with van der Waals surface area (Å²) in [6, 6.07) is 17.4. The Bertz CT molecular complexity index is 929. The maximum absolute atomic E-state index is 12.7. The molecule has 33 heavy (non-hydrogen) atoms. The lowest BCUT2D eigenvalue weighted by Gasteiger charge is -2.31. The summed E-state index contributed by atoms with van der Waals surface area (Å²) in [7, 11) is 1.88. The summed E-state index contributed by atoms with van der Waals surface area (Å²) in [5.41, 5.74) is 1.63. The Hall–Kier alpha value is -2.80. The second-order valence-electron chi connectivity index (χ2n) is 8.35. The Morgan fingerprint density at radius 2 is 1.64 bits per heavy atom. The average molecular weight is 468 g/mol. The van der Waals surface area contributed by atoms with Gasteiger partial charge in [0.2, 0.25) is 11.8 Å². The van der Waals surface area contributed by atoms with Crippen LogP contribution in [0.5, 0.6) is 0 Å². The van der Waals surface area contributed by atoms with Gasteiger partial charge in [-0.3, -0.25) is 14.4 Å². The molecule has 0 radical (unpaired) electrons. The highest BCUT2D eigenvalue weighted by Gasteiger charge is 2.22. The normalized spacial score (nSPS) is 13.8. The quantitative estimate of drug-likeness (QED) is 0.523. The van der Waals surface area contributed by atoms with Crippen LogP contribution in [-0.2, 0) is 16.0 Å². The molecule has 0 aliphatic heterocycles. The molecular formula is C26H33N3O3S. The minimum absolute atomic E-state index is 0.0832. The van der Waals surface area contributed by atoms with Gasteiger partial charge in [0.1, 0.15) is 0 Å². The van der Waals surface area contributed by atoms with Gasteiger partial charge in [-0.05, 0) is 37.0 Å². The number of thioether (sulfide) groups is 1. The van der Waals surface area contributed by atoms with Gasteiger partial charge in [0.15, 0.2) is 0 Å². The highest BCUT2D eigenvalue weighted by molar-refractivity contribution is 8.00.